The molecule has 0 radical (unpaired) electrons. The highest BCUT2D eigenvalue weighted by atomic mass is 32.2. The van der Waals surface area contributed by atoms with Crippen LogP contribution in [0.3, 0.4) is 0 Å². The lowest BCUT2D eigenvalue weighted by molar-refractivity contribution is -0.140. The normalized spacial score (nSPS) is 11.8. The fourth-order valence-corrected chi connectivity index (χ4v) is 5.16. The van der Waals surface area contributed by atoms with Crippen LogP contribution in [-0.4, -0.2) is 57.6 Å². The number of carbonyl (C=O) groups excluding carboxylic acids is 2. The van der Waals surface area contributed by atoms with Gasteiger partial charge >= 0.3 is 0 Å². The Morgan fingerprint density at radius 3 is 2.17 bits per heavy atom. The lowest BCUT2D eigenvalue weighted by Crippen LogP contribution is -2.52. The molecule has 9 nitrogen and oxygen atoms in total. The Kier molecular flexibility index (Phi) is 11.6. The number of para-hydroxylation sites is 1. The van der Waals surface area contributed by atoms with E-state index in [2.05, 4.69) is 5.32 Å². The number of nitrogens with one attached hydrogen (secondary N) is 1. The third-order valence-corrected chi connectivity index (χ3v) is 7.63. The summed E-state index contributed by atoms with van der Waals surface area (Å²) in [6, 6.07) is 22.1. The highest BCUT2D eigenvalue weighted by Gasteiger charge is 2.31. The van der Waals surface area contributed by atoms with Crippen LogP contribution >= 0.6 is 0 Å². The molecule has 0 bridgehead atoms. The number of amides is 2. The molecular formula is C31H39N3O6S. The van der Waals surface area contributed by atoms with E-state index in [1.54, 1.807) is 49.6 Å². The topological polar surface area (TPSA) is 105 Å². The van der Waals surface area contributed by atoms with Crippen LogP contribution < -0.4 is 19.1 Å². The first-order valence-corrected chi connectivity index (χ1v) is 15.5. The smallest absolute Gasteiger partial charge is 0.244 e. The first-order valence-electron chi connectivity index (χ1n) is 13.7. The molecule has 0 saturated heterocycles. The molecule has 0 aromatic heterocycles. The molecular weight excluding hydrogens is 542 g/mol. The SMILES string of the molecule is CCCCNC(=O)C(CC)N(Cc1cccc(OC)c1)C(=O)CN(c1ccc(Oc2ccccc2)cc1)S(C)(=O)=O. The van der Waals surface area contributed by atoms with Gasteiger partial charge in [0.25, 0.3) is 0 Å². The number of benzene rings is 3. The van der Waals surface area contributed by atoms with Crippen molar-refractivity contribution in [1.29, 1.82) is 0 Å². The maximum absolute atomic E-state index is 13.9. The summed E-state index contributed by atoms with van der Waals surface area (Å²) >= 11 is 0. The number of hydrogen-bond acceptors (Lipinski definition) is 6. The number of methoxy groups -OCH3 is 1. The van der Waals surface area contributed by atoms with Crippen LogP contribution in [0.15, 0.2) is 78.9 Å². The van der Waals surface area contributed by atoms with E-state index in [0.717, 1.165) is 29.0 Å². The van der Waals surface area contributed by atoms with Crippen molar-refractivity contribution in [3.05, 3.63) is 84.4 Å². The molecule has 0 heterocycles. The summed E-state index contributed by atoms with van der Waals surface area (Å²) in [6.45, 7) is 4.00. The summed E-state index contributed by atoms with van der Waals surface area (Å²) in [4.78, 5) is 28.5. The third kappa shape index (κ3) is 9.24. The number of rotatable bonds is 15. The maximum atomic E-state index is 13.9. The fourth-order valence-electron chi connectivity index (χ4n) is 4.31. The summed E-state index contributed by atoms with van der Waals surface area (Å²) in [7, 11) is -2.29. The van der Waals surface area contributed by atoms with Gasteiger partial charge in [0.2, 0.25) is 21.8 Å². The van der Waals surface area contributed by atoms with Gasteiger partial charge in [-0.25, -0.2) is 8.42 Å². The van der Waals surface area contributed by atoms with Crippen molar-refractivity contribution in [2.75, 3.05) is 30.8 Å². The van der Waals surface area contributed by atoms with Gasteiger partial charge in [-0.1, -0.05) is 50.6 Å². The second-order valence-electron chi connectivity index (χ2n) is 9.62. The molecule has 220 valence electrons. The van der Waals surface area contributed by atoms with Crippen LogP contribution in [0.4, 0.5) is 5.69 Å². The number of unbranched alkanes of at least 4 members (excludes halogenated alkanes) is 1. The van der Waals surface area contributed by atoms with E-state index in [1.807, 2.05) is 50.2 Å². The van der Waals surface area contributed by atoms with E-state index in [-0.39, 0.29) is 12.5 Å². The first-order chi connectivity index (χ1) is 19.7. The van der Waals surface area contributed by atoms with Crippen LogP contribution in [0, 0.1) is 0 Å². The van der Waals surface area contributed by atoms with Crippen molar-refractivity contribution in [1.82, 2.24) is 10.2 Å². The Morgan fingerprint density at radius 2 is 1.56 bits per heavy atom. The van der Waals surface area contributed by atoms with Crippen LogP contribution in [0.25, 0.3) is 0 Å². The van der Waals surface area contributed by atoms with Gasteiger partial charge in [-0.2, -0.15) is 0 Å². The molecule has 0 aliphatic rings. The zero-order valence-corrected chi connectivity index (χ0v) is 24.9. The molecule has 10 heteroatoms. The van der Waals surface area contributed by atoms with Gasteiger partial charge in [-0.15, -0.1) is 0 Å². The van der Waals surface area contributed by atoms with Crippen LogP contribution in [0.1, 0.15) is 38.7 Å². The monoisotopic (exact) mass is 581 g/mol. The summed E-state index contributed by atoms with van der Waals surface area (Å²) < 4.78 is 38.0. The average Bonchev–Trinajstić information content (AvgIpc) is 2.96. The molecule has 3 aromatic rings. The maximum Gasteiger partial charge on any atom is 0.244 e. The second kappa shape index (κ2) is 15.1. The van der Waals surface area contributed by atoms with Gasteiger partial charge in [0.1, 0.15) is 29.8 Å². The number of hydrogen-bond donors (Lipinski definition) is 1. The summed E-state index contributed by atoms with van der Waals surface area (Å²) in [5.74, 6) is 1.01. The van der Waals surface area contributed by atoms with Crippen molar-refractivity contribution >= 4 is 27.5 Å². The predicted molar refractivity (Wildman–Crippen MR) is 161 cm³/mol. The molecule has 0 spiro atoms. The largest absolute Gasteiger partial charge is 0.497 e. The van der Waals surface area contributed by atoms with Crippen molar-refractivity contribution in [2.45, 2.75) is 45.7 Å². The molecule has 3 rings (SSSR count). The highest BCUT2D eigenvalue weighted by molar-refractivity contribution is 7.92. The number of carbonyl (C=O) groups is 2. The predicted octanol–water partition coefficient (Wildman–Crippen LogP) is 4.98. The van der Waals surface area contributed by atoms with Crippen molar-refractivity contribution in [2.24, 2.45) is 0 Å². The van der Waals surface area contributed by atoms with E-state index >= 15 is 0 Å². The molecule has 2 amide bonds. The molecule has 1 atom stereocenters. The van der Waals surface area contributed by atoms with E-state index in [4.69, 9.17) is 9.47 Å². The summed E-state index contributed by atoms with van der Waals surface area (Å²) in [6.07, 6.45) is 3.15. The van der Waals surface area contributed by atoms with Gasteiger partial charge < -0.3 is 19.7 Å². The highest BCUT2D eigenvalue weighted by Crippen LogP contribution is 2.26. The van der Waals surface area contributed by atoms with Crippen molar-refractivity contribution in [3.63, 3.8) is 0 Å². The average molecular weight is 582 g/mol. The van der Waals surface area contributed by atoms with Crippen molar-refractivity contribution < 1.29 is 27.5 Å². The van der Waals surface area contributed by atoms with Gasteiger partial charge in [0, 0.05) is 13.1 Å². The molecule has 41 heavy (non-hydrogen) atoms. The van der Waals surface area contributed by atoms with E-state index < -0.39 is 28.5 Å². The number of sulfonamides is 1. The second-order valence-corrected chi connectivity index (χ2v) is 11.5. The minimum absolute atomic E-state index is 0.108. The zero-order valence-electron chi connectivity index (χ0n) is 24.1. The van der Waals surface area contributed by atoms with Gasteiger partial charge in [0.15, 0.2) is 0 Å². The molecule has 1 unspecified atom stereocenters. The van der Waals surface area contributed by atoms with Crippen molar-refractivity contribution in [3.8, 4) is 17.2 Å². The Labute approximate surface area is 243 Å². The molecule has 0 fully saturated rings. The third-order valence-electron chi connectivity index (χ3n) is 6.49. The van der Waals surface area contributed by atoms with E-state index in [0.29, 0.717) is 35.9 Å². The molecule has 0 aliphatic carbocycles. The van der Waals surface area contributed by atoms with Crippen LogP contribution in [-0.2, 0) is 26.2 Å². The Balaban J connectivity index is 1.89. The molecule has 3 aromatic carbocycles. The number of ether oxygens (including phenoxy) is 2. The van der Waals surface area contributed by atoms with Crippen LogP contribution in [0.2, 0.25) is 0 Å². The fraction of sp³-hybridized carbons (Fsp3) is 0.355. The Morgan fingerprint density at radius 1 is 0.902 bits per heavy atom. The first kappa shape index (κ1) is 31.5. The van der Waals surface area contributed by atoms with Gasteiger partial charge in [-0.05, 0) is 66.9 Å². The minimum atomic E-state index is -3.85. The molecule has 0 saturated carbocycles. The lowest BCUT2D eigenvalue weighted by Gasteiger charge is -2.33. The standard InChI is InChI=1S/C31H39N3O6S/c1-5-7-20-32-31(36)29(6-2)33(22-24-12-11-15-28(21-24)39-3)30(35)23-34(41(4,37)38)25-16-18-27(19-17-25)40-26-13-9-8-10-14-26/h8-19,21,29H,5-7,20,22-23H2,1-4H3,(H,32,36). The summed E-state index contributed by atoms with van der Waals surface area (Å²) in [5.41, 5.74) is 1.06. The molecule has 1 N–H and O–H groups in total. The molecule has 0 aliphatic heterocycles. The number of anilines is 1. The minimum Gasteiger partial charge on any atom is -0.497 e. The summed E-state index contributed by atoms with van der Waals surface area (Å²) in [5, 5.41) is 2.92. The van der Waals surface area contributed by atoms with E-state index in [9.17, 15) is 18.0 Å². The van der Waals surface area contributed by atoms with Gasteiger partial charge in [-0.3, -0.25) is 13.9 Å². The Bertz CT molecular complexity index is 1380. The zero-order chi connectivity index (χ0) is 29.8. The quantitative estimate of drug-likeness (QED) is 0.254. The Hall–Kier alpha value is -4.05. The lowest BCUT2D eigenvalue weighted by atomic mass is 10.1. The number of nitrogens with zero attached hydrogens (tertiary/aromatic N) is 2. The van der Waals surface area contributed by atoms with Crippen LogP contribution in [0.5, 0.6) is 17.2 Å². The van der Waals surface area contributed by atoms with Gasteiger partial charge in [0.05, 0.1) is 19.1 Å². The van der Waals surface area contributed by atoms with E-state index in [1.165, 1.54) is 4.90 Å².